The van der Waals surface area contributed by atoms with Crippen LogP contribution in [0.15, 0.2) is 36.8 Å². The second-order valence-corrected chi connectivity index (χ2v) is 7.74. The molecule has 1 aliphatic heterocycles. The Labute approximate surface area is 169 Å². The Bertz CT molecular complexity index is 1090. The lowest BCUT2D eigenvalue weighted by Gasteiger charge is -2.31. The fourth-order valence-electron chi connectivity index (χ4n) is 4.06. The molecule has 5 atom stereocenters. The molecule has 0 spiro atoms. The Balaban J connectivity index is 1.71. The Kier molecular flexibility index (Phi) is 4.95. The standard InChI is InChI=1S/C20H21F3N4O3/c1-9(10-5-11(16(22)23)7-12(21)6-10)15-20(2,29)14(28)19(30-15)27-4-3-13-17(24)25-8-26-18(13)27/h3-9,14-16,19,28-29H,1-2H3,(H2,24,25,26)/t9-,14+,15-,19-,20+/m1/s1. The number of aliphatic hydroxyl groups excluding tert-OH is 1. The maximum Gasteiger partial charge on any atom is 0.263 e. The van der Waals surface area contributed by atoms with Gasteiger partial charge in [0.05, 0.1) is 11.5 Å². The summed E-state index contributed by atoms with van der Waals surface area (Å²) in [5, 5.41) is 22.4. The molecular weight excluding hydrogens is 401 g/mol. The van der Waals surface area contributed by atoms with Crippen LogP contribution in [0.3, 0.4) is 0 Å². The Morgan fingerprint density at radius 1 is 1.23 bits per heavy atom. The number of rotatable bonds is 4. The number of ether oxygens (including phenoxy) is 1. The smallest absolute Gasteiger partial charge is 0.263 e. The van der Waals surface area contributed by atoms with Crippen LogP contribution in [0.1, 0.15) is 43.5 Å². The molecule has 1 saturated heterocycles. The van der Waals surface area contributed by atoms with Gasteiger partial charge in [-0.1, -0.05) is 6.92 Å². The minimum absolute atomic E-state index is 0.229. The third-order valence-corrected chi connectivity index (χ3v) is 5.72. The van der Waals surface area contributed by atoms with Crippen molar-refractivity contribution in [3.8, 4) is 0 Å². The maximum absolute atomic E-state index is 13.9. The van der Waals surface area contributed by atoms with E-state index in [0.29, 0.717) is 11.0 Å². The van der Waals surface area contributed by atoms with Crippen molar-refractivity contribution in [3.05, 3.63) is 53.7 Å². The van der Waals surface area contributed by atoms with Crippen molar-refractivity contribution in [3.63, 3.8) is 0 Å². The van der Waals surface area contributed by atoms with Crippen molar-refractivity contribution < 1.29 is 28.1 Å². The molecule has 1 aromatic carbocycles. The third-order valence-electron chi connectivity index (χ3n) is 5.72. The quantitative estimate of drug-likeness (QED) is 0.597. The van der Waals surface area contributed by atoms with E-state index in [1.54, 1.807) is 19.2 Å². The molecule has 2 aromatic heterocycles. The number of nitrogens with two attached hydrogens (primary N) is 1. The number of aromatic nitrogens is 3. The lowest BCUT2D eigenvalue weighted by Crippen LogP contribution is -2.46. The summed E-state index contributed by atoms with van der Waals surface area (Å²) in [4.78, 5) is 8.08. The molecule has 0 unspecified atom stereocenters. The van der Waals surface area contributed by atoms with Crippen LogP contribution < -0.4 is 5.73 Å². The summed E-state index contributed by atoms with van der Waals surface area (Å²) >= 11 is 0. The molecule has 0 bridgehead atoms. The molecule has 3 heterocycles. The topological polar surface area (TPSA) is 106 Å². The first-order chi connectivity index (χ1) is 14.1. The van der Waals surface area contributed by atoms with Crippen molar-refractivity contribution in [2.75, 3.05) is 5.73 Å². The predicted octanol–water partition coefficient (Wildman–Crippen LogP) is 2.90. The van der Waals surface area contributed by atoms with Crippen LogP contribution in [0.4, 0.5) is 19.0 Å². The molecule has 4 N–H and O–H groups in total. The van der Waals surface area contributed by atoms with E-state index < -0.39 is 47.8 Å². The van der Waals surface area contributed by atoms with Gasteiger partial charge in [0, 0.05) is 17.7 Å². The van der Waals surface area contributed by atoms with E-state index in [2.05, 4.69) is 9.97 Å². The molecule has 30 heavy (non-hydrogen) atoms. The van der Waals surface area contributed by atoms with Gasteiger partial charge in [-0.25, -0.2) is 23.1 Å². The molecular formula is C20H21F3N4O3. The second kappa shape index (κ2) is 7.22. The number of halogens is 3. The summed E-state index contributed by atoms with van der Waals surface area (Å²) < 4.78 is 47.6. The average Bonchev–Trinajstić information content (AvgIpc) is 3.21. The summed E-state index contributed by atoms with van der Waals surface area (Å²) in [6, 6.07) is 4.72. The number of fused-ring (bicyclic) bond motifs is 1. The van der Waals surface area contributed by atoms with Crippen molar-refractivity contribution in [2.24, 2.45) is 0 Å². The second-order valence-electron chi connectivity index (χ2n) is 7.74. The summed E-state index contributed by atoms with van der Waals surface area (Å²) in [5.74, 6) is -1.26. The van der Waals surface area contributed by atoms with Gasteiger partial charge in [-0.15, -0.1) is 0 Å². The number of anilines is 1. The van der Waals surface area contributed by atoms with E-state index in [1.807, 2.05) is 0 Å². The van der Waals surface area contributed by atoms with Gasteiger partial charge in [-0.3, -0.25) is 0 Å². The van der Waals surface area contributed by atoms with Crippen LogP contribution in [-0.2, 0) is 4.74 Å². The monoisotopic (exact) mass is 422 g/mol. The Hall–Kier alpha value is -2.69. The fourth-order valence-corrected chi connectivity index (χ4v) is 4.06. The Morgan fingerprint density at radius 2 is 1.93 bits per heavy atom. The minimum atomic E-state index is -2.84. The lowest BCUT2D eigenvalue weighted by atomic mass is 9.83. The summed E-state index contributed by atoms with van der Waals surface area (Å²) in [6.07, 6.45) is -3.38. The average molecular weight is 422 g/mol. The molecule has 1 aliphatic rings. The van der Waals surface area contributed by atoms with E-state index in [1.165, 1.54) is 23.9 Å². The van der Waals surface area contributed by atoms with E-state index >= 15 is 0 Å². The number of nitrogen functional groups attached to an aromatic ring is 1. The van der Waals surface area contributed by atoms with Crippen molar-refractivity contribution in [1.29, 1.82) is 0 Å². The van der Waals surface area contributed by atoms with Gasteiger partial charge in [0.25, 0.3) is 6.43 Å². The van der Waals surface area contributed by atoms with Gasteiger partial charge in [0.1, 0.15) is 35.3 Å². The van der Waals surface area contributed by atoms with Crippen LogP contribution in [0.2, 0.25) is 0 Å². The summed E-state index contributed by atoms with van der Waals surface area (Å²) in [7, 11) is 0. The lowest BCUT2D eigenvalue weighted by molar-refractivity contribution is -0.0705. The number of nitrogens with zero attached hydrogens (tertiary/aromatic N) is 3. The molecule has 160 valence electrons. The highest BCUT2D eigenvalue weighted by molar-refractivity contribution is 5.86. The van der Waals surface area contributed by atoms with Crippen LogP contribution in [0, 0.1) is 5.82 Å². The molecule has 0 amide bonds. The Morgan fingerprint density at radius 3 is 2.63 bits per heavy atom. The molecule has 4 rings (SSSR count). The highest BCUT2D eigenvalue weighted by Gasteiger charge is 2.55. The molecule has 3 aromatic rings. The SMILES string of the molecule is C[C@H](c1cc(F)cc(C(F)F)c1)[C@H]1O[C@@H](n2ccc3c(N)ncnc32)[C@H](O)[C@]1(C)O. The molecule has 0 radical (unpaired) electrons. The van der Waals surface area contributed by atoms with Gasteiger partial charge in [0.15, 0.2) is 6.23 Å². The predicted molar refractivity (Wildman–Crippen MR) is 102 cm³/mol. The highest BCUT2D eigenvalue weighted by Crippen LogP contribution is 2.44. The zero-order valence-electron chi connectivity index (χ0n) is 16.2. The largest absolute Gasteiger partial charge is 0.385 e. The fraction of sp³-hybridized carbons (Fsp3) is 0.400. The molecule has 1 fully saturated rings. The first-order valence-corrected chi connectivity index (χ1v) is 9.32. The van der Waals surface area contributed by atoms with E-state index in [0.717, 1.165) is 12.1 Å². The number of alkyl halides is 2. The first kappa shape index (κ1) is 20.6. The van der Waals surface area contributed by atoms with Crippen LogP contribution in [-0.4, -0.2) is 42.6 Å². The molecule has 10 heteroatoms. The first-order valence-electron chi connectivity index (χ1n) is 9.32. The highest BCUT2D eigenvalue weighted by atomic mass is 19.3. The summed E-state index contributed by atoms with van der Waals surface area (Å²) in [6.45, 7) is 3.01. The van der Waals surface area contributed by atoms with Gasteiger partial charge >= 0.3 is 0 Å². The van der Waals surface area contributed by atoms with E-state index in [4.69, 9.17) is 10.5 Å². The van der Waals surface area contributed by atoms with Gasteiger partial charge in [-0.05, 0) is 36.8 Å². The van der Waals surface area contributed by atoms with Gasteiger partial charge in [-0.2, -0.15) is 0 Å². The van der Waals surface area contributed by atoms with Crippen LogP contribution >= 0.6 is 0 Å². The van der Waals surface area contributed by atoms with Crippen LogP contribution in [0.5, 0.6) is 0 Å². The van der Waals surface area contributed by atoms with Crippen molar-refractivity contribution in [1.82, 2.24) is 14.5 Å². The normalized spacial score (nSPS) is 27.8. The van der Waals surface area contributed by atoms with Gasteiger partial charge in [0.2, 0.25) is 0 Å². The number of benzene rings is 1. The minimum Gasteiger partial charge on any atom is -0.385 e. The zero-order chi connectivity index (χ0) is 21.8. The molecule has 0 aliphatic carbocycles. The van der Waals surface area contributed by atoms with Crippen LogP contribution in [0.25, 0.3) is 11.0 Å². The summed E-state index contributed by atoms with van der Waals surface area (Å²) in [5.41, 5.74) is 4.26. The van der Waals surface area contributed by atoms with Gasteiger partial charge < -0.3 is 25.3 Å². The number of hydrogen-bond acceptors (Lipinski definition) is 6. The molecule has 7 nitrogen and oxygen atoms in total. The maximum atomic E-state index is 13.9. The number of hydrogen-bond donors (Lipinski definition) is 3. The number of aliphatic hydroxyl groups is 2. The zero-order valence-corrected chi connectivity index (χ0v) is 16.2. The molecule has 0 saturated carbocycles. The third kappa shape index (κ3) is 3.21. The van der Waals surface area contributed by atoms with E-state index in [9.17, 15) is 23.4 Å². The van der Waals surface area contributed by atoms with Crippen molar-refractivity contribution in [2.45, 2.75) is 50.2 Å². The van der Waals surface area contributed by atoms with Crippen molar-refractivity contribution >= 4 is 16.9 Å². The van der Waals surface area contributed by atoms with E-state index in [-0.39, 0.29) is 11.4 Å².